The Morgan fingerprint density at radius 2 is 2.26 bits per heavy atom. The highest BCUT2D eigenvalue weighted by Crippen LogP contribution is 2.36. The molecule has 102 valence electrons. The Labute approximate surface area is 117 Å². The molecule has 0 bridgehead atoms. The largest absolute Gasteiger partial charge is 0.369 e. The van der Waals surface area contributed by atoms with E-state index >= 15 is 0 Å². The molecule has 1 amide bonds. The summed E-state index contributed by atoms with van der Waals surface area (Å²) >= 11 is 2.01. The third-order valence-corrected chi connectivity index (χ3v) is 5.00. The Morgan fingerprint density at radius 1 is 1.47 bits per heavy atom. The van der Waals surface area contributed by atoms with Crippen LogP contribution in [0.1, 0.15) is 25.5 Å². The van der Waals surface area contributed by atoms with Crippen LogP contribution in [0, 0.1) is 0 Å². The van der Waals surface area contributed by atoms with Crippen LogP contribution >= 0.6 is 11.8 Å². The van der Waals surface area contributed by atoms with Crippen molar-refractivity contribution in [3.05, 3.63) is 23.8 Å². The molecule has 2 aliphatic heterocycles. The number of fused-ring (bicyclic) bond motifs is 1. The van der Waals surface area contributed by atoms with Gasteiger partial charge in [0.1, 0.15) is 6.04 Å². The summed E-state index contributed by atoms with van der Waals surface area (Å²) in [5, 5.41) is 2.85. The fraction of sp³-hybridized carbons (Fsp3) is 0.500. The summed E-state index contributed by atoms with van der Waals surface area (Å²) in [7, 11) is 0. The van der Waals surface area contributed by atoms with E-state index in [4.69, 9.17) is 5.73 Å². The van der Waals surface area contributed by atoms with Crippen LogP contribution in [0.25, 0.3) is 0 Å². The number of amides is 1. The molecule has 0 aromatic heterocycles. The molecule has 3 N–H and O–H groups in total. The van der Waals surface area contributed by atoms with Crippen LogP contribution in [-0.2, 0) is 4.79 Å². The first-order valence-corrected chi connectivity index (χ1v) is 7.54. The van der Waals surface area contributed by atoms with Crippen molar-refractivity contribution >= 4 is 29.0 Å². The minimum Gasteiger partial charge on any atom is -0.369 e. The van der Waals surface area contributed by atoms with E-state index in [0.717, 1.165) is 30.1 Å². The molecule has 0 radical (unpaired) electrons. The molecule has 0 saturated carbocycles. The van der Waals surface area contributed by atoms with Crippen molar-refractivity contribution in [3.63, 3.8) is 0 Å². The van der Waals surface area contributed by atoms with Crippen molar-refractivity contribution in [1.29, 1.82) is 0 Å². The first-order chi connectivity index (χ1) is 8.96. The number of nitrogens with two attached hydrogens (primary N) is 1. The maximum Gasteiger partial charge on any atom is 0.245 e. The molecule has 2 aliphatic rings. The van der Waals surface area contributed by atoms with E-state index in [0.29, 0.717) is 0 Å². The van der Waals surface area contributed by atoms with E-state index < -0.39 is 6.04 Å². The van der Waals surface area contributed by atoms with Gasteiger partial charge in [-0.05, 0) is 26.0 Å². The maximum atomic E-state index is 11.6. The Morgan fingerprint density at radius 3 is 3.00 bits per heavy atom. The molecule has 1 atom stereocenters. The Bertz CT molecular complexity index is 529. The molecule has 19 heavy (non-hydrogen) atoms. The normalized spacial score (nSPS) is 25.1. The topological polar surface area (TPSA) is 58.4 Å². The number of benzene rings is 1. The Kier molecular flexibility index (Phi) is 2.98. The number of thioether (sulfide) groups is 1. The number of carbonyl (C=O) groups excluding carboxylic acids is 1. The second-order valence-corrected chi connectivity index (χ2v) is 7.57. The summed E-state index contributed by atoms with van der Waals surface area (Å²) in [4.78, 5) is 14.0. The van der Waals surface area contributed by atoms with Gasteiger partial charge in [0.2, 0.25) is 5.91 Å². The van der Waals surface area contributed by atoms with Crippen LogP contribution < -0.4 is 16.0 Å². The van der Waals surface area contributed by atoms with Gasteiger partial charge in [-0.1, -0.05) is 6.07 Å². The van der Waals surface area contributed by atoms with Crippen molar-refractivity contribution in [3.8, 4) is 0 Å². The van der Waals surface area contributed by atoms with Gasteiger partial charge in [0.05, 0.1) is 0 Å². The third kappa shape index (κ3) is 2.32. The number of rotatable bonds is 1. The highest BCUT2D eigenvalue weighted by molar-refractivity contribution is 8.00. The van der Waals surface area contributed by atoms with Crippen molar-refractivity contribution < 1.29 is 4.79 Å². The van der Waals surface area contributed by atoms with Gasteiger partial charge in [0, 0.05) is 40.5 Å². The summed E-state index contributed by atoms with van der Waals surface area (Å²) in [5.41, 5.74) is 8.77. The molecular formula is C14H19N3OS. The molecule has 0 spiro atoms. The number of nitrogens with one attached hydrogen (secondary N) is 1. The summed E-state index contributed by atoms with van der Waals surface area (Å²) < 4.78 is 0.275. The van der Waals surface area contributed by atoms with E-state index in [9.17, 15) is 4.79 Å². The third-order valence-electron chi connectivity index (χ3n) is 3.70. The van der Waals surface area contributed by atoms with Gasteiger partial charge >= 0.3 is 0 Å². The Balaban J connectivity index is 1.87. The highest BCUT2D eigenvalue weighted by Gasteiger charge is 2.30. The van der Waals surface area contributed by atoms with Crippen LogP contribution in [0.5, 0.6) is 0 Å². The quantitative estimate of drug-likeness (QED) is 0.824. The van der Waals surface area contributed by atoms with Gasteiger partial charge < -0.3 is 16.0 Å². The van der Waals surface area contributed by atoms with Crippen LogP contribution in [0.15, 0.2) is 18.2 Å². The van der Waals surface area contributed by atoms with Crippen molar-refractivity contribution in [1.82, 2.24) is 0 Å². The lowest BCUT2D eigenvalue weighted by molar-refractivity contribution is -0.116. The first-order valence-electron chi connectivity index (χ1n) is 6.56. The molecule has 0 aliphatic carbocycles. The van der Waals surface area contributed by atoms with Crippen molar-refractivity contribution in [2.24, 2.45) is 5.73 Å². The predicted octanol–water partition coefficient (Wildman–Crippen LogP) is 1.97. The van der Waals surface area contributed by atoms with Gasteiger partial charge in [-0.2, -0.15) is 11.8 Å². The van der Waals surface area contributed by atoms with E-state index in [1.807, 2.05) is 23.9 Å². The second kappa shape index (κ2) is 4.42. The SMILES string of the molecule is CC1(C)CN(c2ccc3c(c2)NC(=O)C3N)CCS1. The predicted molar refractivity (Wildman–Crippen MR) is 80.8 cm³/mol. The average molecular weight is 277 g/mol. The van der Waals surface area contributed by atoms with E-state index in [2.05, 4.69) is 30.1 Å². The fourth-order valence-corrected chi connectivity index (χ4v) is 3.82. The number of carbonyl (C=O) groups is 1. The lowest BCUT2D eigenvalue weighted by Gasteiger charge is -2.39. The summed E-state index contributed by atoms with van der Waals surface area (Å²) in [6, 6.07) is 5.58. The number of hydrogen-bond acceptors (Lipinski definition) is 4. The van der Waals surface area contributed by atoms with Gasteiger partial charge in [-0.15, -0.1) is 0 Å². The number of hydrogen-bond donors (Lipinski definition) is 2. The fourth-order valence-electron chi connectivity index (χ4n) is 2.71. The molecule has 4 nitrogen and oxygen atoms in total. The van der Waals surface area contributed by atoms with Crippen molar-refractivity contribution in [2.45, 2.75) is 24.6 Å². The molecule has 1 aromatic carbocycles. The molecule has 1 aromatic rings. The van der Waals surface area contributed by atoms with Gasteiger partial charge in [-0.3, -0.25) is 4.79 Å². The molecular weight excluding hydrogens is 258 g/mol. The van der Waals surface area contributed by atoms with Crippen LogP contribution in [0.2, 0.25) is 0 Å². The number of nitrogens with zero attached hydrogens (tertiary/aromatic N) is 1. The molecule has 1 saturated heterocycles. The summed E-state index contributed by atoms with van der Waals surface area (Å²) in [6.07, 6.45) is 0. The standard InChI is InChI=1S/C14H19N3OS/c1-14(2)8-17(5-6-19-14)9-3-4-10-11(7-9)16-13(18)12(10)15/h3-4,7,12H,5-6,8,15H2,1-2H3,(H,16,18). The zero-order valence-electron chi connectivity index (χ0n) is 11.3. The van der Waals surface area contributed by atoms with Crippen LogP contribution in [0.3, 0.4) is 0 Å². The van der Waals surface area contributed by atoms with Gasteiger partial charge in [-0.25, -0.2) is 0 Å². The minimum absolute atomic E-state index is 0.110. The Hall–Kier alpha value is -1.20. The lowest BCUT2D eigenvalue weighted by Crippen LogP contribution is -2.43. The van der Waals surface area contributed by atoms with Crippen molar-refractivity contribution in [2.75, 3.05) is 29.1 Å². The average Bonchev–Trinajstić information content (AvgIpc) is 2.63. The summed E-state index contributed by atoms with van der Waals surface area (Å²) in [6.45, 7) is 6.62. The smallest absolute Gasteiger partial charge is 0.245 e. The zero-order valence-corrected chi connectivity index (χ0v) is 12.1. The summed E-state index contributed by atoms with van der Waals surface area (Å²) in [5.74, 6) is 1.03. The molecule has 5 heteroatoms. The van der Waals surface area contributed by atoms with Gasteiger partial charge in [0.25, 0.3) is 0 Å². The second-order valence-electron chi connectivity index (χ2n) is 5.77. The molecule has 1 unspecified atom stereocenters. The molecule has 2 heterocycles. The monoisotopic (exact) mass is 277 g/mol. The van der Waals surface area contributed by atoms with E-state index in [-0.39, 0.29) is 10.7 Å². The van der Waals surface area contributed by atoms with Crippen LogP contribution in [-0.4, -0.2) is 29.5 Å². The lowest BCUT2D eigenvalue weighted by atomic mass is 10.1. The maximum absolute atomic E-state index is 11.6. The number of anilines is 2. The van der Waals surface area contributed by atoms with E-state index in [1.165, 1.54) is 5.69 Å². The molecule has 1 fully saturated rings. The van der Waals surface area contributed by atoms with Gasteiger partial charge in [0.15, 0.2) is 0 Å². The minimum atomic E-state index is -0.516. The zero-order chi connectivity index (χ0) is 13.6. The van der Waals surface area contributed by atoms with Crippen LogP contribution in [0.4, 0.5) is 11.4 Å². The highest BCUT2D eigenvalue weighted by atomic mass is 32.2. The molecule has 3 rings (SSSR count). The van der Waals surface area contributed by atoms with E-state index in [1.54, 1.807) is 0 Å². The first kappa shape index (κ1) is 12.8.